The zero-order valence-electron chi connectivity index (χ0n) is 11.7. The number of thioether (sulfide) groups is 1. The SMILES string of the molecule is CC(C)CC(=O)N1CCN(C(=O)C2CSCN2)CC1. The van der Waals surface area contributed by atoms with Crippen LogP contribution in [0.2, 0.25) is 0 Å². The van der Waals surface area contributed by atoms with E-state index in [1.807, 2.05) is 9.80 Å². The Hall–Kier alpha value is -0.750. The lowest BCUT2D eigenvalue weighted by molar-refractivity contribution is -0.140. The molecule has 0 spiro atoms. The van der Waals surface area contributed by atoms with Gasteiger partial charge in [-0.15, -0.1) is 11.8 Å². The van der Waals surface area contributed by atoms with Gasteiger partial charge in [0.1, 0.15) is 0 Å². The first-order valence-electron chi connectivity index (χ1n) is 6.95. The molecule has 2 aliphatic rings. The van der Waals surface area contributed by atoms with Gasteiger partial charge in [0.05, 0.1) is 6.04 Å². The molecule has 1 unspecified atom stereocenters. The van der Waals surface area contributed by atoms with Crippen molar-refractivity contribution in [1.82, 2.24) is 15.1 Å². The van der Waals surface area contributed by atoms with Crippen molar-refractivity contribution in [1.29, 1.82) is 0 Å². The fourth-order valence-corrected chi connectivity index (χ4v) is 3.36. The molecule has 6 heteroatoms. The third-order valence-electron chi connectivity index (χ3n) is 3.54. The largest absolute Gasteiger partial charge is 0.339 e. The number of carbonyl (C=O) groups excluding carboxylic acids is 2. The Morgan fingerprint density at radius 3 is 2.37 bits per heavy atom. The summed E-state index contributed by atoms with van der Waals surface area (Å²) in [6, 6.07) is -0.0251. The second kappa shape index (κ2) is 6.61. The zero-order valence-corrected chi connectivity index (χ0v) is 12.5. The van der Waals surface area contributed by atoms with Crippen LogP contribution >= 0.6 is 11.8 Å². The Bertz CT molecular complexity index is 335. The van der Waals surface area contributed by atoms with E-state index in [1.165, 1.54) is 0 Å². The van der Waals surface area contributed by atoms with E-state index in [4.69, 9.17) is 0 Å². The van der Waals surface area contributed by atoms with Crippen molar-refractivity contribution in [2.45, 2.75) is 26.3 Å². The van der Waals surface area contributed by atoms with Gasteiger partial charge in [-0.3, -0.25) is 14.9 Å². The van der Waals surface area contributed by atoms with E-state index >= 15 is 0 Å². The molecule has 1 atom stereocenters. The van der Waals surface area contributed by atoms with Crippen LogP contribution in [-0.2, 0) is 9.59 Å². The van der Waals surface area contributed by atoms with Gasteiger partial charge in [0, 0.05) is 44.2 Å². The minimum atomic E-state index is -0.0251. The molecule has 2 saturated heterocycles. The molecule has 2 heterocycles. The lowest BCUT2D eigenvalue weighted by Gasteiger charge is -2.36. The van der Waals surface area contributed by atoms with Crippen LogP contribution in [0.5, 0.6) is 0 Å². The number of carbonyl (C=O) groups is 2. The highest BCUT2D eigenvalue weighted by Crippen LogP contribution is 2.14. The Morgan fingerprint density at radius 2 is 1.84 bits per heavy atom. The third-order valence-corrected chi connectivity index (χ3v) is 4.48. The molecule has 2 rings (SSSR count). The van der Waals surface area contributed by atoms with Crippen LogP contribution in [0.3, 0.4) is 0 Å². The lowest BCUT2D eigenvalue weighted by atomic mass is 10.1. The average Bonchev–Trinajstić information content (AvgIpc) is 2.91. The van der Waals surface area contributed by atoms with Gasteiger partial charge in [-0.05, 0) is 5.92 Å². The second-order valence-electron chi connectivity index (χ2n) is 5.58. The van der Waals surface area contributed by atoms with E-state index in [1.54, 1.807) is 11.8 Å². The van der Waals surface area contributed by atoms with E-state index in [2.05, 4.69) is 19.2 Å². The molecule has 0 aromatic carbocycles. The number of amides is 2. The van der Waals surface area contributed by atoms with Crippen LogP contribution in [0.25, 0.3) is 0 Å². The first-order chi connectivity index (χ1) is 9.08. The minimum Gasteiger partial charge on any atom is -0.339 e. The molecule has 0 bridgehead atoms. The van der Waals surface area contributed by atoms with Crippen molar-refractivity contribution >= 4 is 23.6 Å². The van der Waals surface area contributed by atoms with Gasteiger partial charge in [0.25, 0.3) is 0 Å². The topological polar surface area (TPSA) is 52.7 Å². The molecule has 1 N–H and O–H groups in total. The number of nitrogens with zero attached hydrogens (tertiary/aromatic N) is 2. The highest BCUT2D eigenvalue weighted by Gasteiger charge is 2.30. The summed E-state index contributed by atoms with van der Waals surface area (Å²) in [5.41, 5.74) is 0. The highest BCUT2D eigenvalue weighted by molar-refractivity contribution is 7.99. The highest BCUT2D eigenvalue weighted by atomic mass is 32.2. The number of hydrogen-bond donors (Lipinski definition) is 1. The molecule has 0 aliphatic carbocycles. The van der Waals surface area contributed by atoms with Gasteiger partial charge in [-0.25, -0.2) is 0 Å². The van der Waals surface area contributed by atoms with E-state index in [0.717, 1.165) is 11.6 Å². The van der Waals surface area contributed by atoms with E-state index < -0.39 is 0 Å². The average molecular weight is 285 g/mol. The lowest BCUT2D eigenvalue weighted by Crippen LogP contribution is -2.54. The van der Waals surface area contributed by atoms with Crippen molar-refractivity contribution in [2.75, 3.05) is 37.8 Å². The van der Waals surface area contributed by atoms with Crippen LogP contribution in [-0.4, -0.2) is 65.5 Å². The maximum atomic E-state index is 12.2. The van der Waals surface area contributed by atoms with E-state index in [9.17, 15) is 9.59 Å². The number of piperazine rings is 1. The molecule has 19 heavy (non-hydrogen) atoms. The maximum absolute atomic E-state index is 12.2. The van der Waals surface area contributed by atoms with E-state index in [-0.39, 0.29) is 17.9 Å². The molecule has 2 fully saturated rings. The molecule has 0 radical (unpaired) electrons. The van der Waals surface area contributed by atoms with Gasteiger partial charge in [0.15, 0.2) is 0 Å². The summed E-state index contributed by atoms with van der Waals surface area (Å²) in [7, 11) is 0. The minimum absolute atomic E-state index is 0.0251. The second-order valence-corrected chi connectivity index (χ2v) is 6.61. The van der Waals surface area contributed by atoms with Gasteiger partial charge in [-0.2, -0.15) is 0 Å². The smallest absolute Gasteiger partial charge is 0.240 e. The molecule has 0 aromatic rings. The molecule has 0 saturated carbocycles. The molecular formula is C13H23N3O2S. The van der Waals surface area contributed by atoms with Crippen LogP contribution in [0.4, 0.5) is 0 Å². The fraction of sp³-hybridized carbons (Fsp3) is 0.846. The predicted octanol–water partition coefficient (Wildman–Crippen LogP) is 0.366. The molecule has 0 aromatic heterocycles. The first kappa shape index (κ1) is 14.7. The summed E-state index contributed by atoms with van der Waals surface area (Å²) in [4.78, 5) is 27.9. The summed E-state index contributed by atoms with van der Waals surface area (Å²) in [5, 5.41) is 3.20. The fourth-order valence-electron chi connectivity index (χ4n) is 2.43. The quantitative estimate of drug-likeness (QED) is 0.814. The molecule has 2 aliphatic heterocycles. The first-order valence-corrected chi connectivity index (χ1v) is 8.11. The van der Waals surface area contributed by atoms with Crippen molar-refractivity contribution in [3.8, 4) is 0 Å². The third kappa shape index (κ3) is 3.86. The normalized spacial score (nSPS) is 24.1. The van der Waals surface area contributed by atoms with E-state index in [0.29, 0.717) is 38.5 Å². The molecule has 5 nitrogen and oxygen atoms in total. The number of rotatable bonds is 3. The summed E-state index contributed by atoms with van der Waals surface area (Å²) in [6.07, 6.45) is 0.606. The van der Waals surface area contributed by atoms with Crippen LogP contribution in [0.15, 0.2) is 0 Å². The molecule has 2 amide bonds. The predicted molar refractivity (Wildman–Crippen MR) is 76.9 cm³/mol. The van der Waals surface area contributed by atoms with Crippen molar-refractivity contribution in [3.05, 3.63) is 0 Å². The summed E-state index contributed by atoms with van der Waals surface area (Å²) < 4.78 is 0. The van der Waals surface area contributed by atoms with Crippen molar-refractivity contribution in [3.63, 3.8) is 0 Å². The molecular weight excluding hydrogens is 262 g/mol. The van der Waals surface area contributed by atoms with Crippen molar-refractivity contribution in [2.24, 2.45) is 5.92 Å². The Labute approximate surface area is 119 Å². The van der Waals surface area contributed by atoms with Gasteiger partial charge >= 0.3 is 0 Å². The maximum Gasteiger partial charge on any atom is 0.240 e. The zero-order chi connectivity index (χ0) is 13.8. The monoisotopic (exact) mass is 285 g/mol. The summed E-state index contributed by atoms with van der Waals surface area (Å²) in [5.74, 6) is 2.54. The van der Waals surface area contributed by atoms with Gasteiger partial charge in [0.2, 0.25) is 11.8 Å². The summed E-state index contributed by atoms with van der Waals surface area (Å²) >= 11 is 1.76. The summed E-state index contributed by atoms with van der Waals surface area (Å²) in [6.45, 7) is 6.81. The van der Waals surface area contributed by atoms with Crippen LogP contribution in [0, 0.1) is 5.92 Å². The molecule has 108 valence electrons. The number of hydrogen-bond acceptors (Lipinski definition) is 4. The Kier molecular flexibility index (Phi) is 5.10. The van der Waals surface area contributed by atoms with Gasteiger partial charge < -0.3 is 9.80 Å². The Morgan fingerprint density at radius 1 is 1.21 bits per heavy atom. The Balaban J connectivity index is 1.78. The van der Waals surface area contributed by atoms with Crippen molar-refractivity contribution < 1.29 is 9.59 Å². The van der Waals surface area contributed by atoms with Gasteiger partial charge in [-0.1, -0.05) is 13.8 Å². The van der Waals surface area contributed by atoms with Crippen LogP contribution in [0.1, 0.15) is 20.3 Å². The number of nitrogens with one attached hydrogen (secondary N) is 1. The van der Waals surface area contributed by atoms with Crippen LogP contribution < -0.4 is 5.32 Å². The standard InChI is InChI=1S/C13H23N3O2S/c1-10(2)7-12(17)15-3-5-16(6-4-15)13(18)11-8-19-9-14-11/h10-11,14H,3-9H2,1-2H3.